The van der Waals surface area contributed by atoms with Crippen molar-refractivity contribution in [1.82, 2.24) is 9.97 Å². The van der Waals surface area contributed by atoms with Crippen molar-refractivity contribution in [3.8, 4) is 5.75 Å². The van der Waals surface area contributed by atoms with Crippen LogP contribution < -0.4 is 26.4 Å². The van der Waals surface area contributed by atoms with Gasteiger partial charge in [0.15, 0.2) is 15.7 Å². The van der Waals surface area contributed by atoms with Crippen molar-refractivity contribution in [2.24, 2.45) is 0 Å². The van der Waals surface area contributed by atoms with Crippen molar-refractivity contribution in [2.45, 2.75) is 31.9 Å². The number of allylic oxidation sites excluding steroid dienone is 3. The summed E-state index contributed by atoms with van der Waals surface area (Å²) in [6, 6.07) is 5.24. The first-order chi connectivity index (χ1) is 15.4. The van der Waals surface area contributed by atoms with E-state index in [0.717, 1.165) is 0 Å². The summed E-state index contributed by atoms with van der Waals surface area (Å²) in [6.45, 7) is 6.71. The Morgan fingerprint density at radius 3 is 2.58 bits per heavy atom. The minimum atomic E-state index is -3.44. The molecule has 178 valence electrons. The van der Waals surface area contributed by atoms with Crippen LogP contribution in [-0.4, -0.2) is 44.1 Å². The predicted molar refractivity (Wildman–Crippen MR) is 135 cm³/mol. The summed E-state index contributed by atoms with van der Waals surface area (Å²) in [4.78, 5) is 9.00. The van der Waals surface area contributed by atoms with Crippen LogP contribution >= 0.6 is 7.14 Å². The summed E-state index contributed by atoms with van der Waals surface area (Å²) in [5.41, 5.74) is 7.38. The molecule has 0 saturated heterocycles. The molecule has 3 rings (SSSR count). The largest absolute Gasteiger partial charge is 0.495 e. The Bertz CT molecular complexity index is 1270. The van der Waals surface area contributed by atoms with E-state index in [1.54, 1.807) is 51.5 Å². The number of nitrogen functional groups attached to an aromatic ring is 1. The molecule has 9 nitrogen and oxygen atoms in total. The summed E-state index contributed by atoms with van der Waals surface area (Å²) in [7, 11) is -4.36. The second kappa shape index (κ2) is 9.57. The van der Waals surface area contributed by atoms with Crippen molar-refractivity contribution in [3.05, 3.63) is 47.2 Å². The Balaban J connectivity index is 1.94. The van der Waals surface area contributed by atoms with Gasteiger partial charge in [0, 0.05) is 5.30 Å². The number of rotatable bonds is 8. The van der Waals surface area contributed by atoms with E-state index in [9.17, 15) is 13.0 Å². The van der Waals surface area contributed by atoms with E-state index in [1.165, 1.54) is 13.3 Å². The molecule has 11 heteroatoms. The van der Waals surface area contributed by atoms with Gasteiger partial charge in [0.2, 0.25) is 5.95 Å². The molecule has 1 heterocycles. The fraction of sp³-hybridized carbons (Fsp3) is 0.364. The Kier molecular flexibility index (Phi) is 7.19. The van der Waals surface area contributed by atoms with Gasteiger partial charge in [-0.25, -0.2) is 13.4 Å². The number of nitrogens with two attached hydrogens (primary N) is 1. The molecule has 0 fully saturated rings. The molecule has 0 bridgehead atoms. The molecule has 1 aromatic heterocycles. The number of ether oxygens (including phenoxy) is 1. The van der Waals surface area contributed by atoms with Crippen LogP contribution in [0.1, 0.15) is 26.7 Å². The van der Waals surface area contributed by atoms with E-state index in [0.29, 0.717) is 40.2 Å². The van der Waals surface area contributed by atoms with Crippen molar-refractivity contribution < 1.29 is 17.7 Å². The monoisotopic (exact) mass is 491 g/mol. The van der Waals surface area contributed by atoms with Crippen molar-refractivity contribution in [1.29, 1.82) is 0 Å². The van der Waals surface area contributed by atoms with Gasteiger partial charge in [0.25, 0.3) is 0 Å². The van der Waals surface area contributed by atoms with Crippen molar-refractivity contribution in [3.63, 3.8) is 0 Å². The van der Waals surface area contributed by atoms with E-state index in [-0.39, 0.29) is 17.5 Å². The van der Waals surface area contributed by atoms with E-state index in [2.05, 4.69) is 20.6 Å². The third kappa shape index (κ3) is 5.57. The summed E-state index contributed by atoms with van der Waals surface area (Å²) in [5, 5.41) is 6.32. The lowest BCUT2D eigenvalue weighted by molar-refractivity contribution is 0.417. The number of sulfone groups is 1. The fourth-order valence-corrected chi connectivity index (χ4v) is 5.51. The SMILES string of the molecule is COc1cc(P(C)(C)=O)ccc1Nc1ncc(N)c(NC2=C(S(=O)(=O)C(C)C)CCC=C2)n1. The zero-order valence-electron chi connectivity index (χ0n) is 19.4. The average Bonchev–Trinajstić information content (AvgIpc) is 2.75. The molecule has 0 atom stereocenters. The molecule has 0 spiro atoms. The number of benzene rings is 1. The number of nitrogens with one attached hydrogen (secondary N) is 2. The molecule has 1 aliphatic carbocycles. The third-order valence-corrected chi connectivity index (χ3v) is 9.08. The number of anilines is 4. The van der Waals surface area contributed by atoms with Crippen LogP contribution in [0.25, 0.3) is 0 Å². The van der Waals surface area contributed by atoms with Gasteiger partial charge in [0.05, 0.1) is 40.5 Å². The van der Waals surface area contributed by atoms with Crippen LogP contribution in [0.2, 0.25) is 0 Å². The molecule has 1 aliphatic rings. The highest BCUT2D eigenvalue weighted by atomic mass is 32.2. The zero-order valence-corrected chi connectivity index (χ0v) is 21.1. The molecule has 0 amide bonds. The van der Waals surface area contributed by atoms with Gasteiger partial charge in [-0.3, -0.25) is 0 Å². The number of hydrogen-bond acceptors (Lipinski definition) is 9. The van der Waals surface area contributed by atoms with E-state index >= 15 is 0 Å². The maximum atomic E-state index is 12.8. The van der Waals surface area contributed by atoms with E-state index < -0.39 is 22.2 Å². The molecular formula is C22H30N5O4PS. The fourth-order valence-electron chi connectivity index (χ4n) is 3.25. The van der Waals surface area contributed by atoms with Crippen LogP contribution in [0.4, 0.5) is 23.1 Å². The second-order valence-electron chi connectivity index (χ2n) is 8.35. The molecule has 0 aliphatic heterocycles. The highest BCUT2D eigenvalue weighted by molar-refractivity contribution is 7.95. The highest BCUT2D eigenvalue weighted by Crippen LogP contribution is 2.38. The standard InChI is InChI=1S/C22H30N5O4PS/c1-14(2)33(29,30)20-9-7-6-8-18(20)25-21-16(23)13-24-22(27-21)26-17-11-10-15(32(4,5)28)12-19(17)31-3/h6,8,10-14H,7,9,23H2,1-5H3,(H2,24,25,26,27). The average molecular weight is 492 g/mol. The smallest absolute Gasteiger partial charge is 0.229 e. The second-order valence-corrected chi connectivity index (χ2v) is 14.1. The van der Waals surface area contributed by atoms with Crippen LogP contribution in [0, 0.1) is 0 Å². The first-order valence-electron chi connectivity index (χ1n) is 10.5. The van der Waals surface area contributed by atoms with Gasteiger partial charge < -0.3 is 25.7 Å². The van der Waals surface area contributed by atoms with Crippen molar-refractivity contribution in [2.75, 3.05) is 36.8 Å². The van der Waals surface area contributed by atoms with Gasteiger partial charge in [-0.2, -0.15) is 4.98 Å². The van der Waals surface area contributed by atoms with Crippen LogP contribution in [0.5, 0.6) is 5.75 Å². The number of hydrogen-bond donors (Lipinski definition) is 3. The predicted octanol–water partition coefficient (Wildman–Crippen LogP) is 3.86. The molecular weight excluding hydrogens is 461 g/mol. The maximum Gasteiger partial charge on any atom is 0.229 e. The molecule has 4 N–H and O–H groups in total. The first kappa shape index (κ1) is 24.8. The normalized spacial score (nSPS) is 14.5. The van der Waals surface area contributed by atoms with Crippen molar-refractivity contribution >= 4 is 45.4 Å². The topological polar surface area (TPSA) is 136 Å². The number of aromatic nitrogens is 2. The summed E-state index contributed by atoms with van der Waals surface area (Å²) >= 11 is 0. The van der Waals surface area contributed by atoms with E-state index in [1.807, 2.05) is 6.08 Å². The number of methoxy groups -OCH3 is 1. The molecule has 0 saturated carbocycles. The van der Waals surface area contributed by atoms with Crippen LogP contribution in [-0.2, 0) is 14.4 Å². The minimum Gasteiger partial charge on any atom is -0.495 e. The van der Waals surface area contributed by atoms with Gasteiger partial charge in [-0.1, -0.05) is 6.08 Å². The van der Waals surface area contributed by atoms with Gasteiger partial charge in [-0.15, -0.1) is 0 Å². The zero-order chi connectivity index (χ0) is 24.4. The molecule has 2 aromatic rings. The van der Waals surface area contributed by atoms with Gasteiger partial charge in [-0.05, 0) is 64.3 Å². The van der Waals surface area contributed by atoms with Gasteiger partial charge >= 0.3 is 0 Å². The Labute approximate surface area is 194 Å². The maximum absolute atomic E-state index is 12.8. The lowest BCUT2D eigenvalue weighted by Crippen LogP contribution is -2.21. The highest BCUT2D eigenvalue weighted by Gasteiger charge is 2.26. The Morgan fingerprint density at radius 1 is 1.21 bits per heavy atom. The molecule has 0 radical (unpaired) electrons. The Hall–Kier alpha value is -2.84. The molecule has 33 heavy (non-hydrogen) atoms. The summed E-state index contributed by atoms with van der Waals surface area (Å²) in [5.74, 6) is 1.02. The Morgan fingerprint density at radius 2 is 1.94 bits per heavy atom. The third-order valence-electron chi connectivity index (χ3n) is 5.21. The summed E-state index contributed by atoms with van der Waals surface area (Å²) in [6.07, 6.45) is 6.15. The lowest BCUT2D eigenvalue weighted by Gasteiger charge is -2.20. The van der Waals surface area contributed by atoms with E-state index in [4.69, 9.17) is 10.5 Å². The quantitative estimate of drug-likeness (QED) is 0.470. The van der Waals surface area contributed by atoms with Crippen LogP contribution in [0.15, 0.2) is 47.2 Å². The van der Waals surface area contributed by atoms with Gasteiger partial charge in [0.1, 0.15) is 12.9 Å². The number of nitrogens with zero attached hydrogens (tertiary/aromatic N) is 2. The molecule has 1 aromatic carbocycles. The molecule has 0 unspecified atom stereocenters. The minimum absolute atomic E-state index is 0.239. The first-order valence-corrected chi connectivity index (χ1v) is 14.6. The van der Waals surface area contributed by atoms with Crippen LogP contribution in [0.3, 0.4) is 0 Å². The summed E-state index contributed by atoms with van der Waals surface area (Å²) < 4.78 is 43.4. The lowest BCUT2D eigenvalue weighted by atomic mass is 10.1.